The van der Waals surface area contributed by atoms with Gasteiger partial charge in [0.2, 0.25) is 0 Å². The molecule has 0 bridgehead atoms. The molecule has 1 aromatic rings. The smallest absolute Gasteiger partial charge is 0.397 e. The van der Waals surface area contributed by atoms with Crippen LogP contribution < -0.4 is 11.1 Å². The summed E-state index contributed by atoms with van der Waals surface area (Å²) < 4.78 is 39.2. The molecule has 1 amide bonds. The van der Waals surface area contributed by atoms with E-state index in [0.717, 1.165) is 0 Å². The summed E-state index contributed by atoms with van der Waals surface area (Å²) >= 11 is 0. The minimum Gasteiger partial charge on any atom is -0.397 e. The number of hydrogen-bond donors (Lipinski definition) is 2. The van der Waals surface area contributed by atoms with Gasteiger partial charge in [-0.15, -0.1) is 0 Å². The summed E-state index contributed by atoms with van der Waals surface area (Å²) in [7, 11) is 0. The van der Waals surface area contributed by atoms with Crippen molar-refractivity contribution in [1.82, 2.24) is 4.98 Å². The van der Waals surface area contributed by atoms with Crippen LogP contribution in [0.1, 0.15) is 0 Å². The Hall–Kier alpha value is -1.83. The summed E-state index contributed by atoms with van der Waals surface area (Å²) in [5.41, 5.74) is 5.77. The number of nitrogen functional groups attached to an aromatic ring is 1. The largest absolute Gasteiger partial charge is 0.411 e. The molecule has 0 aliphatic rings. The van der Waals surface area contributed by atoms with E-state index in [4.69, 9.17) is 5.73 Å². The SMILES string of the molecule is Nc1ccc(NC(=O)COCC(F)(F)F)nc1. The molecular weight excluding hydrogens is 239 g/mol. The number of nitrogens with two attached hydrogens (primary N) is 1. The van der Waals surface area contributed by atoms with E-state index in [1.54, 1.807) is 0 Å². The lowest BCUT2D eigenvalue weighted by atomic mass is 10.4. The van der Waals surface area contributed by atoms with E-state index in [0.29, 0.717) is 5.69 Å². The molecule has 3 N–H and O–H groups in total. The van der Waals surface area contributed by atoms with Crippen molar-refractivity contribution < 1.29 is 22.7 Å². The number of anilines is 2. The fraction of sp³-hybridized carbons (Fsp3) is 0.333. The third-order valence-corrected chi connectivity index (χ3v) is 1.55. The topological polar surface area (TPSA) is 77.2 Å². The van der Waals surface area contributed by atoms with Gasteiger partial charge in [0.1, 0.15) is 19.0 Å². The Morgan fingerprint density at radius 3 is 2.71 bits per heavy atom. The highest BCUT2D eigenvalue weighted by Gasteiger charge is 2.27. The molecule has 0 aliphatic heterocycles. The van der Waals surface area contributed by atoms with Gasteiger partial charge in [0, 0.05) is 0 Å². The van der Waals surface area contributed by atoms with Gasteiger partial charge in [0.25, 0.3) is 5.91 Å². The van der Waals surface area contributed by atoms with Gasteiger partial charge in [0.15, 0.2) is 0 Å². The first-order valence-corrected chi connectivity index (χ1v) is 4.53. The molecule has 8 heteroatoms. The molecule has 0 atom stereocenters. The number of nitrogens with zero attached hydrogens (tertiary/aromatic N) is 1. The first-order chi connectivity index (χ1) is 7.87. The van der Waals surface area contributed by atoms with Crippen LogP contribution in [0.25, 0.3) is 0 Å². The Labute approximate surface area is 94.8 Å². The predicted octanol–water partition coefficient (Wildman–Crippen LogP) is 1.18. The minimum absolute atomic E-state index is 0.194. The summed E-state index contributed by atoms with van der Waals surface area (Å²) in [6, 6.07) is 2.93. The normalized spacial score (nSPS) is 11.2. The molecule has 0 spiro atoms. The zero-order valence-corrected chi connectivity index (χ0v) is 8.62. The van der Waals surface area contributed by atoms with Gasteiger partial charge in [-0.05, 0) is 12.1 Å². The van der Waals surface area contributed by atoms with Gasteiger partial charge in [0.05, 0.1) is 11.9 Å². The van der Waals surface area contributed by atoms with Crippen LogP contribution in [0, 0.1) is 0 Å². The second kappa shape index (κ2) is 5.48. The molecule has 0 radical (unpaired) electrons. The van der Waals surface area contributed by atoms with Crippen molar-refractivity contribution in [2.75, 3.05) is 24.3 Å². The fourth-order valence-electron chi connectivity index (χ4n) is 0.918. The number of hydrogen-bond acceptors (Lipinski definition) is 4. The van der Waals surface area contributed by atoms with Gasteiger partial charge in [-0.1, -0.05) is 0 Å². The zero-order chi connectivity index (χ0) is 12.9. The fourth-order valence-corrected chi connectivity index (χ4v) is 0.918. The molecule has 1 aromatic heterocycles. The van der Waals surface area contributed by atoms with E-state index < -0.39 is 25.3 Å². The third-order valence-electron chi connectivity index (χ3n) is 1.55. The Balaban J connectivity index is 2.32. The van der Waals surface area contributed by atoms with Crippen LogP contribution in [0.15, 0.2) is 18.3 Å². The molecule has 0 unspecified atom stereocenters. The van der Waals surface area contributed by atoms with E-state index >= 15 is 0 Å². The summed E-state index contributed by atoms with van der Waals surface area (Å²) in [4.78, 5) is 14.8. The van der Waals surface area contributed by atoms with Crippen molar-refractivity contribution >= 4 is 17.4 Å². The standard InChI is InChI=1S/C9H10F3N3O2/c10-9(11,12)5-17-4-8(16)15-7-2-1-6(13)3-14-7/h1-3H,4-5,13H2,(H,14,15,16). The highest BCUT2D eigenvalue weighted by molar-refractivity contribution is 5.90. The minimum atomic E-state index is -4.44. The van der Waals surface area contributed by atoms with E-state index in [1.165, 1.54) is 18.3 Å². The maximum Gasteiger partial charge on any atom is 0.411 e. The van der Waals surface area contributed by atoms with Crippen LogP contribution in [-0.4, -0.2) is 30.3 Å². The molecule has 5 nitrogen and oxygen atoms in total. The van der Waals surface area contributed by atoms with Gasteiger partial charge in [-0.3, -0.25) is 4.79 Å². The van der Waals surface area contributed by atoms with Crippen LogP contribution in [-0.2, 0) is 9.53 Å². The first-order valence-electron chi connectivity index (χ1n) is 4.53. The molecule has 0 saturated carbocycles. The van der Waals surface area contributed by atoms with E-state index in [9.17, 15) is 18.0 Å². The second-order valence-electron chi connectivity index (χ2n) is 3.13. The number of carbonyl (C=O) groups is 1. The van der Waals surface area contributed by atoms with E-state index in [2.05, 4.69) is 15.0 Å². The maximum absolute atomic E-state index is 11.7. The van der Waals surface area contributed by atoms with Crippen LogP contribution in [0.4, 0.5) is 24.7 Å². The number of amides is 1. The average molecular weight is 249 g/mol. The van der Waals surface area contributed by atoms with Crippen molar-refractivity contribution in [1.29, 1.82) is 0 Å². The Kier molecular flexibility index (Phi) is 4.27. The number of aromatic nitrogens is 1. The summed E-state index contributed by atoms with van der Waals surface area (Å²) in [6.07, 6.45) is -3.13. The number of nitrogens with one attached hydrogen (secondary N) is 1. The Morgan fingerprint density at radius 2 is 2.18 bits per heavy atom. The lowest BCUT2D eigenvalue weighted by Crippen LogP contribution is -2.24. The molecule has 17 heavy (non-hydrogen) atoms. The third kappa shape index (κ3) is 5.71. The molecule has 1 heterocycles. The number of carbonyl (C=O) groups excluding carboxylic acids is 1. The number of alkyl halides is 3. The lowest BCUT2D eigenvalue weighted by Gasteiger charge is -2.07. The Morgan fingerprint density at radius 1 is 1.47 bits per heavy atom. The number of rotatable bonds is 4. The molecule has 1 rings (SSSR count). The quantitative estimate of drug-likeness (QED) is 0.840. The monoisotopic (exact) mass is 249 g/mol. The van der Waals surface area contributed by atoms with E-state index in [-0.39, 0.29) is 5.82 Å². The van der Waals surface area contributed by atoms with Crippen molar-refractivity contribution in [3.63, 3.8) is 0 Å². The Bertz CT molecular complexity index is 378. The first kappa shape index (κ1) is 13.2. The van der Waals surface area contributed by atoms with Crippen LogP contribution in [0.5, 0.6) is 0 Å². The van der Waals surface area contributed by atoms with E-state index in [1.807, 2.05) is 0 Å². The second-order valence-corrected chi connectivity index (χ2v) is 3.13. The predicted molar refractivity (Wildman–Crippen MR) is 54.2 cm³/mol. The lowest BCUT2D eigenvalue weighted by molar-refractivity contribution is -0.174. The molecule has 0 aromatic carbocycles. The van der Waals surface area contributed by atoms with Crippen molar-refractivity contribution in [2.24, 2.45) is 0 Å². The molecule has 0 saturated heterocycles. The van der Waals surface area contributed by atoms with Crippen molar-refractivity contribution in [3.8, 4) is 0 Å². The summed E-state index contributed by atoms with van der Waals surface area (Å²) in [6.45, 7) is -2.15. The summed E-state index contributed by atoms with van der Waals surface area (Å²) in [5, 5.41) is 2.26. The number of pyridine rings is 1. The highest BCUT2D eigenvalue weighted by atomic mass is 19.4. The van der Waals surface area contributed by atoms with Gasteiger partial charge in [-0.2, -0.15) is 13.2 Å². The van der Waals surface area contributed by atoms with Gasteiger partial charge >= 0.3 is 6.18 Å². The van der Waals surface area contributed by atoms with Crippen LogP contribution in [0.3, 0.4) is 0 Å². The highest BCUT2D eigenvalue weighted by Crippen LogP contribution is 2.14. The molecule has 0 aliphatic carbocycles. The molecular formula is C9H10F3N3O2. The van der Waals surface area contributed by atoms with Crippen molar-refractivity contribution in [3.05, 3.63) is 18.3 Å². The average Bonchev–Trinajstić information content (AvgIpc) is 2.19. The number of ether oxygens (including phenoxy) is 1. The summed E-state index contributed by atoms with van der Waals surface area (Å²) in [5.74, 6) is -0.522. The molecule has 0 fully saturated rings. The van der Waals surface area contributed by atoms with Crippen molar-refractivity contribution in [2.45, 2.75) is 6.18 Å². The maximum atomic E-state index is 11.7. The molecule has 94 valence electrons. The van der Waals surface area contributed by atoms with Gasteiger partial charge in [-0.25, -0.2) is 4.98 Å². The van der Waals surface area contributed by atoms with Crippen LogP contribution in [0.2, 0.25) is 0 Å². The van der Waals surface area contributed by atoms with Crippen LogP contribution >= 0.6 is 0 Å². The zero-order valence-electron chi connectivity index (χ0n) is 8.62. The number of halogens is 3. The van der Waals surface area contributed by atoms with Gasteiger partial charge < -0.3 is 15.8 Å².